The summed E-state index contributed by atoms with van der Waals surface area (Å²) in [5.74, 6) is 1.78. The Hall–Kier alpha value is -2.73. The molecule has 144 valence electrons. The zero-order valence-corrected chi connectivity index (χ0v) is 17.2. The van der Waals surface area contributed by atoms with Crippen LogP contribution in [0.5, 0.6) is 0 Å². The molecule has 0 fully saturated rings. The van der Waals surface area contributed by atoms with Crippen molar-refractivity contribution in [2.75, 3.05) is 12.0 Å². The highest BCUT2D eigenvalue weighted by Crippen LogP contribution is 2.24. The fourth-order valence-electron chi connectivity index (χ4n) is 3.64. The molecular weight excluding hydrogens is 368 g/mol. The average molecular weight is 393 g/mol. The lowest BCUT2D eigenvalue weighted by Crippen LogP contribution is -2.30. The maximum absolute atomic E-state index is 13.0. The number of para-hydroxylation sites is 2. The van der Waals surface area contributed by atoms with Gasteiger partial charge in [-0.05, 0) is 54.8 Å². The van der Waals surface area contributed by atoms with Crippen LogP contribution in [0.4, 0.5) is 0 Å². The van der Waals surface area contributed by atoms with E-state index in [4.69, 9.17) is 4.98 Å². The SMILES string of the molecule is CSCCC(NC(=O)c1ccc2c(ccn2C)c1)c1nc2ccccc2n1C. The molecule has 0 radical (unpaired) electrons. The number of aryl methyl sites for hydroxylation is 2. The predicted octanol–water partition coefficient (Wildman–Crippen LogP) is 4.29. The number of amides is 1. The second-order valence-electron chi connectivity index (χ2n) is 7.03. The van der Waals surface area contributed by atoms with Gasteiger partial charge < -0.3 is 14.5 Å². The summed E-state index contributed by atoms with van der Waals surface area (Å²) in [4.78, 5) is 17.8. The topological polar surface area (TPSA) is 51.9 Å². The summed E-state index contributed by atoms with van der Waals surface area (Å²) in [7, 11) is 4.02. The molecule has 5 nitrogen and oxygen atoms in total. The largest absolute Gasteiger partial charge is 0.351 e. The quantitative estimate of drug-likeness (QED) is 0.533. The molecule has 2 heterocycles. The third-order valence-electron chi connectivity index (χ3n) is 5.20. The lowest BCUT2D eigenvalue weighted by molar-refractivity contribution is 0.0933. The Morgan fingerprint density at radius 2 is 1.96 bits per heavy atom. The Morgan fingerprint density at radius 1 is 1.14 bits per heavy atom. The summed E-state index contributed by atoms with van der Waals surface area (Å²) in [5, 5.41) is 4.28. The summed E-state index contributed by atoms with van der Waals surface area (Å²) in [6.45, 7) is 0. The summed E-state index contributed by atoms with van der Waals surface area (Å²) in [5.41, 5.74) is 3.82. The predicted molar refractivity (Wildman–Crippen MR) is 117 cm³/mol. The van der Waals surface area contributed by atoms with Crippen molar-refractivity contribution in [3.05, 3.63) is 66.1 Å². The molecule has 0 saturated carbocycles. The van der Waals surface area contributed by atoms with E-state index >= 15 is 0 Å². The van der Waals surface area contributed by atoms with Crippen LogP contribution < -0.4 is 5.32 Å². The molecule has 4 rings (SSSR count). The number of nitrogens with one attached hydrogen (secondary N) is 1. The first-order chi connectivity index (χ1) is 13.6. The van der Waals surface area contributed by atoms with Gasteiger partial charge in [-0.2, -0.15) is 11.8 Å². The highest BCUT2D eigenvalue weighted by molar-refractivity contribution is 7.98. The van der Waals surface area contributed by atoms with Crippen LogP contribution in [0.1, 0.15) is 28.6 Å². The Morgan fingerprint density at radius 3 is 2.75 bits per heavy atom. The fourth-order valence-corrected chi connectivity index (χ4v) is 4.11. The molecule has 0 aliphatic carbocycles. The Bertz CT molecular complexity index is 1140. The first-order valence-electron chi connectivity index (χ1n) is 9.34. The molecule has 1 atom stereocenters. The molecule has 2 aromatic carbocycles. The van der Waals surface area contributed by atoms with Gasteiger partial charge in [-0.25, -0.2) is 4.98 Å². The summed E-state index contributed by atoms with van der Waals surface area (Å²) < 4.78 is 4.14. The van der Waals surface area contributed by atoms with Crippen molar-refractivity contribution in [3.8, 4) is 0 Å². The zero-order chi connectivity index (χ0) is 19.7. The molecule has 0 bridgehead atoms. The van der Waals surface area contributed by atoms with Crippen LogP contribution in [0.3, 0.4) is 0 Å². The molecule has 1 amide bonds. The first-order valence-corrected chi connectivity index (χ1v) is 10.7. The number of imidazole rings is 1. The van der Waals surface area contributed by atoms with Gasteiger partial charge in [0, 0.05) is 36.8 Å². The minimum Gasteiger partial charge on any atom is -0.351 e. The second kappa shape index (κ2) is 7.72. The van der Waals surface area contributed by atoms with Gasteiger partial charge in [0.25, 0.3) is 5.91 Å². The number of rotatable bonds is 6. The van der Waals surface area contributed by atoms with Crippen molar-refractivity contribution in [3.63, 3.8) is 0 Å². The average Bonchev–Trinajstić information content (AvgIpc) is 3.25. The Kier molecular flexibility index (Phi) is 5.13. The van der Waals surface area contributed by atoms with Crippen molar-refractivity contribution in [1.82, 2.24) is 19.4 Å². The van der Waals surface area contributed by atoms with E-state index in [0.29, 0.717) is 5.56 Å². The van der Waals surface area contributed by atoms with Gasteiger partial charge >= 0.3 is 0 Å². The third kappa shape index (κ3) is 3.40. The number of carbonyl (C=O) groups is 1. The van der Waals surface area contributed by atoms with E-state index in [1.165, 1.54) is 0 Å². The Balaban J connectivity index is 1.64. The van der Waals surface area contributed by atoms with Crippen LogP contribution in [0.15, 0.2) is 54.7 Å². The van der Waals surface area contributed by atoms with E-state index in [1.807, 2.05) is 62.8 Å². The molecule has 0 aliphatic rings. The van der Waals surface area contributed by atoms with Crippen LogP contribution in [0.2, 0.25) is 0 Å². The van der Waals surface area contributed by atoms with E-state index in [0.717, 1.165) is 39.9 Å². The van der Waals surface area contributed by atoms with Gasteiger partial charge in [0.2, 0.25) is 0 Å². The van der Waals surface area contributed by atoms with Crippen molar-refractivity contribution >= 4 is 39.6 Å². The van der Waals surface area contributed by atoms with Crippen LogP contribution in [0.25, 0.3) is 21.9 Å². The zero-order valence-electron chi connectivity index (χ0n) is 16.3. The smallest absolute Gasteiger partial charge is 0.251 e. The molecular formula is C22H24N4OS. The number of fused-ring (bicyclic) bond motifs is 2. The lowest BCUT2D eigenvalue weighted by atomic mass is 10.1. The van der Waals surface area contributed by atoms with E-state index in [9.17, 15) is 4.79 Å². The number of hydrogen-bond acceptors (Lipinski definition) is 3. The first kappa shape index (κ1) is 18.6. The van der Waals surface area contributed by atoms with E-state index < -0.39 is 0 Å². The van der Waals surface area contributed by atoms with Gasteiger partial charge in [-0.1, -0.05) is 12.1 Å². The third-order valence-corrected chi connectivity index (χ3v) is 5.84. The number of benzene rings is 2. The molecule has 1 unspecified atom stereocenters. The molecule has 1 N–H and O–H groups in total. The van der Waals surface area contributed by atoms with Gasteiger partial charge in [0.1, 0.15) is 5.82 Å². The summed E-state index contributed by atoms with van der Waals surface area (Å²) >= 11 is 1.77. The van der Waals surface area contributed by atoms with Crippen LogP contribution >= 0.6 is 11.8 Å². The molecule has 6 heteroatoms. The van der Waals surface area contributed by atoms with Crippen LogP contribution in [-0.4, -0.2) is 32.0 Å². The molecule has 0 aliphatic heterocycles. The number of aromatic nitrogens is 3. The van der Waals surface area contributed by atoms with Crippen molar-refractivity contribution < 1.29 is 4.79 Å². The van der Waals surface area contributed by atoms with E-state index in [2.05, 4.69) is 26.8 Å². The number of nitrogens with zero attached hydrogens (tertiary/aromatic N) is 3. The number of thioether (sulfide) groups is 1. The number of carbonyl (C=O) groups excluding carboxylic acids is 1. The molecule has 28 heavy (non-hydrogen) atoms. The normalized spacial score (nSPS) is 12.5. The fraction of sp³-hybridized carbons (Fsp3) is 0.273. The molecule has 4 aromatic rings. The summed E-state index contributed by atoms with van der Waals surface area (Å²) in [6.07, 6.45) is 4.92. The van der Waals surface area contributed by atoms with Crippen LogP contribution in [0, 0.1) is 0 Å². The van der Waals surface area contributed by atoms with Gasteiger partial charge in [0.15, 0.2) is 0 Å². The lowest BCUT2D eigenvalue weighted by Gasteiger charge is -2.18. The van der Waals surface area contributed by atoms with E-state index in [1.54, 1.807) is 11.8 Å². The van der Waals surface area contributed by atoms with Crippen LogP contribution in [-0.2, 0) is 14.1 Å². The van der Waals surface area contributed by atoms with Crippen molar-refractivity contribution in [1.29, 1.82) is 0 Å². The highest BCUT2D eigenvalue weighted by Gasteiger charge is 2.21. The van der Waals surface area contributed by atoms with Crippen molar-refractivity contribution in [2.24, 2.45) is 14.1 Å². The molecule has 0 saturated heterocycles. The standard InChI is InChI=1S/C22H24N4OS/c1-25-12-10-15-14-16(8-9-19(15)25)22(27)24-18(11-13-28-3)21-23-17-6-4-5-7-20(17)26(21)2/h4-10,12,14,18H,11,13H2,1-3H3,(H,24,27). The second-order valence-corrected chi connectivity index (χ2v) is 8.01. The maximum atomic E-state index is 13.0. The maximum Gasteiger partial charge on any atom is 0.251 e. The van der Waals surface area contributed by atoms with Gasteiger partial charge in [-0.15, -0.1) is 0 Å². The molecule has 2 aromatic heterocycles. The van der Waals surface area contributed by atoms with Crippen molar-refractivity contribution in [2.45, 2.75) is 12.5 Å². The highest BCUT2D eigenvalue weighted by atomic mass is 32.2. The monoisotopic (exact) mass is 392 g/mol. The van der Waals surface area contributed by atoms with Gasteiger partial charge in [0.05, 0.1) is 17.1 Å². The summed E-state index contributed by atoms with van der Waals surface area (Å²) in [6, 6.07) is 15.8. The minimum atomic E-state index is -0.135. The molecule has 0 spiro atoms. The number of hydrogen-bond donors (Lipinski definition) is 1. The van der Waals surface area contributed by atoms with Gasteiger partial charge in [-0.3, -0.25) is 4.79 Å². The van der Waals surface area contributed by atoms with E-state index in [-0.39, 0.29) is 11.9 Å². The minimum absolute atomic E-state index is 0.0658. The Labute approximate surface area is 168 Å².